The van der Waals surface area contributed by atoms with Gasteiger partial charge in [0.15, 0.2) is 0 Å². The first-order valence-corrected chi connectivity index (χ1v) is 7.38. The summed E-state index contributed by atoms with van der Waals surface area (Å²) in [6.07, 6.45) is 1.71. The van der Waals surface area contributed by atoms with Gasteiger partial charge in [0.2, 0.25) is 0 Å². The van der Waals surface area contributed by atoms with Gasteiger partial charge in [0.25, 0.3) is 11.6 Å². The molecule has 0 aliphatic carbocycles. The first-order chi connectivity index (χ1) is 11.5. The SMILES string of the molecule is Cc1cc(C(=O)Nc2ccc(C)c3ncccc23)ccc1[N+](=O)[O-]. The Kier molecular flexibility index (Phi) is 3.95. The maximum Gasteiger partial charge on any atom is 0.272 e. The van der Waals surface area contributed by atoms with Crippen molar-refractivity contribution in [1.29, 1.82) is 0 Å². The minimum Gasteiger partial charge on any atom is -0.321 e. The van der Waals surface area contributed by atoms with Gasteiger partial charge in [0.05, 0.1) is 16.1 Å². The molecule has 0 unspecified atom stereocenters. The van der Waals surface area contributed by atoms with Crippen LogP contribution in [0, 0.1) is 24.0 Å². The smallest absolute Gasteiger partial charge is 0.272 e. The molecule has 0 aliphatic rings. The van der Waals surface area contributed by atoms with Crippen LogP contribution in [0.5, 0.6) is 0 Å². The van der Waals surface area contributed by atoms with Crippen LogP contribution in [0.4, 0.5) is 11.4 Å². The molecule has 2 aromatic carbocycles. The number of carbonyl (C=O) groups excluding carboxylic acids is 1. The Morgan fingerprint density at radius 1 is 1.12 bits per heavy atom. The Labute approximate surface area is 138 Å². The Morgan fingerprint density at radius 2 is 1.92 bits per heavy atom. The number of rotatable bonds is 3. The number of nitrogens with zero attached hydrogens (tertiary/aromatic N) is 2. The van der Waals surface area contributed by atoms with Gasteiger partial charge in [-0.1, -0.05) is 6.07 Å². The van der Waals surface area contributed by atoms with E-state index in [1.165, 1.54) is 18.2 Å². The minimum absolute atomic E-state index is 0.00321. The van der Waals surface area contributed by atoms with E-state index in [1.54, 1.807) is 13.1 Å². The summed E-state index contributed by atoms with van der Waals surface area (Å²) < 4.78 is 0. The third kappa shape index (κ3) is 2.81. The van der Waals surface area contributed by atoms with Crippen LogP contribution in [0.2, 0.25) is 0 Å². The molecule has 0 saturated heterocycles. The molecule has 24 heavy (non-hydrogen) atoms. The molecule has 0 saturated carbocycles. The van der Waals surface area contributed by atoms with Crippen molar-refractivity contribution in [2.45, 2.75) is 13.8 Å². The van der Waals surface area contributed by atoms with Crippen molar-refractivity contribution in [2.24, 2.45) is 0 Å². The highest BCUT2D eigenvalue weighted by Gasteiger charge is 2.15. The van der Waals surface area contributed by atoms with Gasteiger partial charge in [-0.3, -0.25) is 19.9 Å². The van der Waals surface area contributed by atoms with Gasteiger partial charge >= 0.3 is 0 Å². The summed E-state index contributed by atoms with van der Waals surface area (Å²) >= 11 is 0. The van der Waals surface area contributed by atoms with Crippen molar-refractivity contribution >= 4 is 28.2 Å². The fraction of sp³-hybridized carbons (Fsp3) is 0.111. The summed E-state index contributed by atoms with van der Waals surface area (Å²) in [5.41, 5.74) is 3.32. The van der Waals surface area contributed by atoms with E-state index in [-0.39, 0.29) is 11.6 Å². The maximum atomic E-state index is 12.5. The first kappa shape index (κ1) is 15.6. The standard InChI is InChI=1S/C18H15N3O3/c1-11-5-7-15(14-4-3-9-19-17(11)14)20-18(22)13-6-8-16(21(23)24)12(2)10-13/h3-10H,1-2H3,(H,20,22). The highest BCUT2D eigenvalue weighted by molar-refractivity contribution is 6.09. The van der Waals surface area contributed by atoms with Crippen molar-refractivity contribution in [3.63, 3.8) is 0 Å². The van der Waals surface area contributed by atoms with Crippen molar-refractivity contribution in [3.8, 4) is 0 Å². The lowest BCUT2D eigenvalue weighted by Crippen LogP contribution is -2.12. The van der Waals surface area contributed by atoms with Crippen LogP contribution in [0.25, 0.3) is 10.9 Å². The van der Waals surface area contributed by atoms with Gasteiger partial charge in [0, 0.05) is 28.8 Å². The van der Waals surface area contributed by atoms with Crippen molar-refractivity contribution < 1.29 is 9.72 Å². The van der Waals surface area contributed by atoms with E-state index in [2.05, 4.69) is 10.3 Å². The van der Waals surface area contributed by atoms with Crippen molar-refractivity contribution in [3.05, 3.63) is 75.5 Å². The fourth-order valence-corrected chi connectivity index (χ4v) is 2.62. The summed E-state index contributed by atoms with van der Waals surface area (Å²) in [5.74, 6) is -0.318. The van der Waals surface area contributed by atoms with Gasteiger partial charge in [-0.05, 0) is 49.7 Å². The quantitative estimate of drug-likeness (QED) is 0.583. The monoisotopic (exact) mass is 321 g/mol. The number of benzene rings is 2. The number of pyridine rings is 1. The van der Waals surface area contributed by atoms with Gasteiger partial charge in [-0.2, -0.15) is 0 Å². The fourth-order valence-electron chi connectivity index (χ4n) is 2.62. The molecule has 6 heteroatoms. The summed E-state index contributed by atoms with van der Waals surface area (Å²) in [4.78, 5) is 27.2. The number of amides is 1. The largest absolute Gasteiger partial charge is 0.321 e. The van der Waals surface area contributed by atoms with E-state index in [0.717, 1.165) is 16.5 Å². The lowest BCUT2D eigenvalue weighted by atomic mass is 10.1. The number of nitro groups is 1. The van der Waals surface area contributed by atoms with Crippen LogP contribution in [-0.4, -0.2) is 15.8 Å². The van der Waals surface area contributed by atoms with Crippen molar-refractivity contribution in [2.75, 3.05) is 5.32 Å². The number of nitrogens with one attached hydrogen (secondary N) is 1. The molecule has 0 aliphatic heterocycles. The lowest BCUT2D eigenvalue weighted by molar-refractivity contribution is -0.385. The predicted octanol–water partition coefficient (Wildman–Crippen LogP) is 4.01. The molecule has 1 heterocycles. The summed E-state index contributed by atoms with van der Waals surface area (Å²) in [5, 5.41) is 14.6. The van der Waals surface area contributed by atoms with Crippen LogP contribution in [0.15, 0.2) is 48.7 Å². The zero-order valence-corrected chi connectivity index (χ0v) is 13.2. The zero-order chi connectivity index (χ0) is 17.3. The topological polar surface area (TPSA) is 85.1 Å². The molecule has 1 amide bonds. The Balaban J connectivity index is 1.95. The van der Waals surface area contributed by atoms with Gasteiger partial charge in [-0.15, -0.1) is 0 Å². The third-order valence-electron chi connectivity index (χ3n) is 3.88. The molecule has 0 atom stereocenters. The molecule has 3 aromatic rings. The minimum atomic E-state index is -0.462. The van der Waals surface area contributed by atoms with E-state index >= 15 is 0 Å². The molecule has 6 nitrogen and oxygen atoms in total. The van der Waals surface area contributed by atoms with Gasteiger partial charge in [0.1, 0.15) is 0 Å². The molecule has 1 N–H and O–H groups in total. The number of hydrogen-bond acceptors (Lipinski definition) is 4. The number of aryl methyl sites for hydroxylation is 2. The molecule has 120 valence electrons. The summed E-state index contributed by atoms with van der Waals surface area (Å²) in [6, 6.07) is 11.7. The van der Waals surface area contributed by atoms with Crippen LogP contribution in [0.3, 0.4) is 0 Å². The number of nitro benzene ring substituents is 1. The second-order valence-electron chi connectivity index (χ2n) is 5.54. The van der Waals surface area contributed by atoms with E-state index < -0.39 is 4.92 Å². The maximum absolute atomic E-state index is 12.5. The summed E-state index contributed by atoms with van der Waals surface area (Å²) in [7, 11) is 0. The van der Waals surface area contributed by atoms with E-state index in [4.69, 9.17) is 0 Å². The molecule has 1 aromatic heterocycles. The molecule has 0 bridgehead atoms. The molecule has 0 radical (unpaired) electrons. The number of hydrogen-bond donors (Lipinski definition) is 1. The number of aromatic nitrogens is 1. The van der Waals surface area contributed by atoms with Crippen LogP contribution in [-0.2, 0) is 0 Å². The third-order valence-corrected chi connectivity index (χ3v) is 3.88. The summed E-state index contributed by atoms with van der Waals surface area (Å²) in [6.45, 7) is 3.57. The van der Waals surface area contributed by atoms with E-state index in [9.17, 15) is 14.9 Å². The van der Waals surface area contributed by atoms with E-state index in [1.807, 2.05) is 31.2 Å². The van der Waals surface area contributed by atoms with Gasteiger partial charge < -0.3 is 5.32 Å². The van der Waals surface area contributed by atoms with Crippen molar-refractivity contribution in [1.82, 2.24) is 4.98 Å². The van der Waals surface area contributed by atoms with E-state index in [0.29, 0.717) is 16.8 Å². The van der Waals surface area contributed by atoms with Crippen LogP contribution >= 0.6 is 0 Å². The average molecular weight is 321 g/mol. The van der Waals surface area contributed by atoms with Crippen LogP contribution in [0.1, 0.15) is 21.5 Å². The number of carbonyl (C=O) groups is 1. The highest BCUT2D eigenvalue weighted by atomic mass is 16.6. The normalized spacial score (nSPS) is 10.6. The molecular weight excluding hydrogens is 306 g/mol. The zero-order valence-electron chi connectivity index (χ0n) is 13.2. The number of anilines is 1. The second kappa shape index (κ2) is 6.08. The predicted molar refractivity (Wildman–Crippen MR) is 92.3 cm³/mol. The molecule has 0 spiro atoms. The Bertz CT molecular complexity index is 967. The Morgan fingerprint density at radius 3 is 2.62 bits per heavy atom. The number of fused-ring (bicyclic) bond motifs is 1. The Hall–Kier alpha value is -3.28. The first-order valence-electron chi connectivity index (χ1n) is 7.38. The highest BCUT2D eigenvalue weighted by Crippen LogP contribution is 2.25. The average Bonchev–Trinajstić information content (AvgIpc) is 2.57. The van der Waals surface area contributed by atoms with Gasteiger partial charge in [-0.25, -0.2) is 0 Å². The molecule has 0 fully saturated rings. The lowest BCUT2D eigenvalue weighted by Gasteiger charge is -2.10. The van der Waals surface area contributed by atoms with Crippen LogP contribution < -0.4 is 5.32 Å². The molecular formula is C18H15N3O3. The second-order valence-corrected chi connectivity index (χ2v) is 5.54. The molecule has 3 rings (SSSR count).